The number of anilines is 1. The number of pyridine rings is 1. The van der Waals surface area contributed by atoms with E-state index in [1.165, 1.54) is 0 Å². The Morgan fingerprint density at radius 3 is 2.90 bits per heavy atom. The maximum atomic E-state index is 12.3. The number of benzene rings is 1. The molecule has 1 aromatic heterocycles. The number of nitrogens with zero attached hydrogens (tertiary/aromatic N) is 2. The first-order valence-electron chi connectivity index (χ1n) is 6.62. The van der Waals surface area contributed by atoms with E-state index >= 15 is 0 Å². The molecule has 0 bridgehead atoms. The monoisotopic (exact) mass is 273 g/mol. The molecule has 2 N–H and O–H groups in total. The Morgan fingerprint density at radius 1 is 1.40 bits per heavy atom. The first-order valence-corrected chi connectivity index (χ1v) is 6.62. The zero-order valence-corrected chi connectivity index (χ0v) is 11.8. The fourth-order valence-corrected chi connectivity index (χ4v) is 1.95. The summed E-state index contributed by atoms with van der Waals surface area (Å²) in [7, 11) is 1.73. The fraction of sp³-hybridized carbons (Fsp3) is 0.333. The summed E-state index contributed by atoms with van der Waals surface area (Å²) < 4.78 is 5.25. The number of hydrogen-bond acceptors (Lipinski definition) is 4. The molecule has 0 atom stereocenters. The molecule has 0 saturated carbocycles. The van der Waals surface area contributed by atoms with E-state index in [1.807, 2.05) is 31.2 Å². The lowest BCUT2D eigenvalue weighted by Crippen LogP contribution is -2.30. The van der Waals surface area contributed by atoms with Crippen molar-refractivity contribution >= 4 is 22.5 Å². The lowest BCUT2D eigenvalue weighted by Gasteiger charge is -2.17. The van der Waals surface area contributed by atoms with Crippen LogP contribution < -0.4 is 5.73 Å². The number of carbonyl (C=O) groups excluding carboxylic acids is 1. The smallest absolute Gasteiger partial charge is 0.272 e. The average molecular weight is 273 g/mol. The number of likely N-dealkylation sites (N-methyl/N-ethyl adjacent to an activating group) is 1. The fourth-order valence-electron chi connectivity index (χ4n) is 1.95. The highest BCUT2D eigenvalue weighted by Crippen LogP contribution is 2.20. The number of ether oxygens (including phenoxy) is 1. The van der Waals surface area contributed by atoms with Crippen LogP contribution in [0.15, 0.2) is 30.3 Å². The minimum Gasteiger partial charge on any atom is -0.398 e. The number of amides is 1. The summed E-state index contributed by atoms with van der Waals surface area (Å²) in [6.45, 7) is 3.61. The van der Waals surface area contributed by atoms with E-state index in [2.05, 4.69) is 4.98 Å². The predicted octanol–water partition coefficient (Wildman–Crippen LogP) is 1.93. The van der Waals surface area contributed by atoms with E-state index in [9.17, 15) is 4.79 Å². The summed E-state index contributed by atoms with van der Waals surface area (Å²) in [6, 6.07) is 9.15. The van der Waals surface area contributed by atoms with Crippen LogP contribution in [-0.2, 0) is 4.74 Å². The highest BCUT2D eigenvalue weighted by Gasteiger charge is 2.14. The third-order valence-corrected chi connectivity index (χ3v) is 3.09. The molecular weight excluding hydrogens is 254 g/mol. The number of para-hydroxylation sites is 1. The quantitative estimate of drug-likeness (QED) is 0.845. The molecule has 5 nitrogen and oxygen atoms in total. The van der Waals surface area contributed by atoms with Gasteiger partial charge in [0.15, 0.2) is 0 Å². The van der Waals surface area contributed by atoms with Crippen molar-refractivity contribution in [2.45, 2.75) is 6.92 Å². The highest BCUT2D eigenvalue weighted by atomic mass is 16.5. The summed E-state index contributed by atoms with van der Waals surface area (Å²) in [5.41, 5.74) is 7.64. The number of carbonyl (C=O) groups is 1. The maximum Gasteiger partial charge on any atom is 0.272 e. The van der Waals surface area contributed by atoms with Gasteiger partial charge in [0.25, 0.3) is 5.91 Å². The molecule has 106 valence electrons. The van der Waals surface area contributed by atoms with Gasteiger partial charge < -0.3 is 15.4 Å². The van der Waals surface area contributed by atoms with E-state index in [1.54, 1.807) is 18.0 Å². The topological polar surface area (TPSA) is 68.5 Å². The van der Waals surface area contributed by atoms with Crippen molar-refractivity contribution in [3.63, 3.8) is 0 Å². The molecule has 20 heavy (non-hydrogen) atoms. The van der Waals surface area contributed by atoms with Crippen LogP contribution >= 0.6 is 0 Å². The van der Waals surface area contributed by atoms with Gasteiger partial charge in [-0.05, 0) is 19.1 Å². The van der Waals surface area contributed by atoms with Gasteiger partial charge in [0, 0.05) is 31.3 Å². The molecule has 2 aromatic rings. The molecule has 0 aliphatic heterocycles. The molecule has 0 saturated heterocycles. The molecule has 2 rings (SSSR count). The Bertz CT molecular complexity index is 613. The van der Waals surface area contributed by atoms with Gasteiger partial charge in [-0.2, -0.15) is 0 Å². The predicted molar refractivity (Wildman–Crippen MR) is 79.6 cm³/mol. The van der Waals surface area contributed by atoms with Gasteiger partial charge in [-0.3, -0.25) is 4.79 Å². The number of hydrogen-bond donors (Lipinski definition) is 1. The van der Waals surface area contributed by atoms with Gasteiger partial charge in [-0.15, -0.1) is 0 Å². The number of rotatable bonds is 5. The van der Waals surface area contributed by atoms with Crippen LogP contribution in [-0.4, -0.2) is 42.6 Å². The first kappa shape index (κ1) is 14.3. The van der Waals surface area contributed by atoms with Gasteiger partial charge in [0.05, 0.1) is 12.1 Å². The van der Waals surface area contributed by atoms with E-state index in [4.69, 9.17) is 10.5 Å². The molecule has 0 aliphatic rings. The van der Waals surface area contributed by atoms with Crippen molar-refractivity contribution in [1.29, 1.82) is 0 Å². The Kier molecular flexibility index (Phi) is 4.53. The standard InChI is InChI=1S/C15H19N3O2/c1-3-20-9-8-18(2)15(19)14-10-12(16)11-6-4-5-7-13(11)17-14/h4-7,10H,3,8-9H2,1-2H3,(H2,16,17). The average Bonchev–Trinajstić information content (AvgIpc) is 2.46. The van der Waals surface area contributed by atoms with Crippen molar-refractivity contribution in [3.05, 3.63) is 36.0 Å². The third-order valence-electron chi connectivity index (χ3n) is 3.09. The Hall–Kier alpha value is -2.14. The number of fused-ring (bicyclic) bond motifs is 1. The van der Waals surface area contributed by atoms with Crippen molar-refractivity contribution in [1.82, 2.24) is 9.88 Å². The van der Waals surface area contributed by atoms with Gasteiger partial charge in [0.2, 0.25) is 0 Å². The van der Waals surface area contributed by atoms with Crippen LogP contribution in [0.5, 0.6) is 0 Å². The minimum atomic E-state index is -0.151. The number of nitrogen functional groups attached to an aromatic ring is 1. The zero-order chi connectivity index (χ0) is 14.5. The van der Waals surface area contributed by atoms with Gasteiger partial charge in [0.1, 0.15) is 5.69 Å². The lowest BCUT2D eigenvalue weighted by molar-refractivity contribution is 0.0705. The minimum absolute atomic E-state index is 0.151. The second-order valence-electron chi connectivity index (χ2n) is 4.54. The normalized spacial score (nSPS) is 10.7. The van der Waals surface area contributed by atoms with Crippen LogP contribution in [0.3, 0.4) is 0 Å². The summed E-state index contributed by atoms with van der Waals surface area (Å²) >= 11 is 0. The summed E-state index contributed by atoms with van der Waals surface area (Å²) in [5.74, 6) is -0.151. The molecule has 1 amide bonds. The first-order chi connectivity index (χ1) is 9.63. The largest absolute Gasteiger partial charge is 0.398 e. The molecular formula is C15H19N3O2. The van der Waals surface area contributed by atoms with E-state index in [0.717, 1.165) is 10.9 Å². The van der Waals surface area contributed by atoms with Crippen molar-refractivity contribution in [3.8, 4) is 0 Å². The molecule has 0 unspecified atom stereocenters. The molecule has 0 radical (unpaired) electrons. The van der Waals surface area contributed by atoms with Crippen LogP contribution in [0, 0.1) is 0 Å². The van der Waals surface area contributed by atoms with Crippen LogP contribution in [0.1, 0.15) is 17.4 Å². The molecule has 0 fully saturated rings. The Morgan fingerprint density at radius 2 is 2.15 bits per heavy atom. The second-order valence-corrected chi connectivity index (χ2v) is 4.54. The van der Waals surface area contributed by atoms with Crippen LogP contribution in [0.25, 0.3) is 10.9 Å². The van der Waals surface area contributed by atoms with Gasteiger partial charge in [-0.25, -0.2) is 4.98 Å². The van der Waals surface area contributed by atoms with Crippen molar-refractivity contribution in [2.75, 3.05) is 32.5 Å². The Balaban J connectivity index is 2.22. The van der Waals surface area contributed by atoms with Gasteiger partial charge in [-0.1, -0.05) is 18.2 Å². The summed E-state index contributed by atoms with van der Waals surface area (Å²) in [5, 5.41) is 0.862. The zero-order valence-electron chi connectivity index (χ0n) is 11.8. The lowest BCUT2D eigenvalue weighted by atomic mass is 10.1. The number of nitrogens with two attached hydrogens (primary N) is 1. The SMILES string of the molecule is CCOCCN(C)C(=O)c1cc(N)c2ccccc2n1. The summed E-state index contributed by atoms with van der Waals surface area (Å²) in [4.78, 5) is 18.2. The second kappa shape index (κ2) is 6.34. The van der Waals surface area contributed by atoms with Crippen molar-refractivity contribution < 1.29 is 9.53 Å². The van der Waals surface area contributed by atoms with Crippen LogP contribution in [0.2, 0.25) is 0 Å². The third kappa shape index (κ3) is 3.05. The van der Waals surface area contributed by atoms with Gasteiger partial charge >= 0.3 is 0 Å². The molecule has 1 heterocycles. The maximum absolute atomic E-state index is 12.3. The Labute approximate surface area is 118 Å². The molecule has 0 spiro atoms. The summed E-state index contributed by atoms with van der Waals surface area (Å²) in [6.07, 6.45) is 0. The molecule has 0 aliphatic carbocycles. The van der Waals surface area contributed by atoms with Crippen LogP contribution in [0.4, 0.5) is 5.69 Å². The van der Waals surface area contributed by atoms with Crippen molar-refractivity contribution in [2.24, 2.45) is 0 Å². The van der Waals surface area contributed by atoms with E-state index < -0.39 is 0 Å². The molecule has 1 aromatic carbocycles. The van der Waals surface area contributed by atoms with E-state index in [-0.39, 0.29) is 5.91 Å². The highest BCUT2D eigenvalue weighted by molar-refractivity contribution is 5.99. The molecule has 5 heteroatoms. The number of aromatic nitrogens is 1. The van der Waals surface area contributed by atoms with E-state index in [0.29, 0.717) is 31.1 Å².